The zero-order chi connectivity index (χ0) is 23.8. The van der Waals surface area contributed by atoms with Gasteiger partial charge in [0.15, 0.2) is 0 Å². The summed E-state index contributed by atoms with van der Waals surface area (Å²) in [5, 5.41) is 25.7. The predicted octanol–water partition coefficient (Wildman–Crippen LogP) is 4.76. The summed E-state index contributed by atoms with van der Waals surface area (Å²) in [6, 6.07) is 8.22. The molecule has 3 atom stereocenters. The Morgan fingerprint density at radius 1 is 1.33 bits per heavy atom. The molecule has 2 aromatic rings. The van der Waals surface area contributed by atoms with Crippen LogP contribution in [0.1, 0.15) is 48.3 Å². The van der Waals surface area contributed by atoms with Gasteiger partial charge in [0.25, 0.3) is 0 Å². The van der Waals surface area contributed by atoms with Crippen LogP contribution in [0.5, 0.6) is 0 Å². The van der Waals surface area contributed by atoms with Crippen molar-refractivity contribution < 1.29 is 19.7 Å². The SMILES string of the molecule is CC(OC[C@H](O)CNCN1CCC[C@H]1Cc1ccc(Cl)c(Cl)c1)c1ccsc1CCC(=O)O. The Labute approximate surface area is 209 Å². The van der Waals surface area contributed by atoms with Crippen molar-refractivity contribution in [2.45, 2.75) is 57.3 Å². The Balaban J connectivity index is 1.38. The zero-order valence-corrected chi connectivity index (χ0v) is 21.1. The number of benzene rings is 1. The van der Waals surface area contributed by atoms with Gasteiger partial charge in [0.2, 0.25) is 0 Å². The highest BCUT2D eigenvalue weighted by molar-refractivity contribution is 7.10. The molecule has 1 aromatic heterocycles. The molecule has 1 aliphatic rings. The second-order valence-electron chi connectivity index (χ2n) is 8.50. The van der Waals surface area contributed by atoms with Crippen molar-refractivity contribution in [3.8, 4) is 0 Å². The van der Waals surface area contributed by atoms with Crippen LogP contribution in [0.2, 0.25) is 10.0 Å². The van der Waals surface area contributed by atoms with Crippen LogP contribution in [-0.2, 0) is 22.4 Å². The number of carboxylic acid groups (broad SMARTS) is 1. The summed E-state index contributed by atoms with van der Waals surface area (Å²) in [4.78, 5) is 14.3. The van der Waals surface area contributed by atoms with Gasteiger partial charge in [-0.05, 0) is 73.9 Å². The summed E-state index contributed by atoms with van der Waals surface area (Å²) in [6.07, 6.45) is 3.01. The number of rotatable bonds is 13. The van der Waals surface area contributed by atoms with Gasteiger partial charge in [-0.25, -0.2) is 0 Å². The second-order valence-corrected chi connectivity index (χ2v) is 10.3. The van der Waals surface area contributed by atoms with E-state index in [-0.39, 0.29) is 19.1 Å². The first kappa shape index (κ1) is 26.4. The number of nitrogens with one attached hydrogen (secondary N) is 1. The molecule has 0 saturated carbocycles. The lowest BCUT2D eigenvalue weighted by molar-refractivity contribution is -0.136. The summed E-state index contributed by atoms with van der Waals surface area (Å²) in [5.41, 5.74) is 2.18. The van der Waals surface area contributed by atoms with E-state index in [9.17, 15) is 9.90 Å². The number of carbonyl (C=O) groups is 1. The predicted molar refractivity (Wildman–Crippen MR) is 133 cm³/mol. The first-order chi connectivity index (χ1) is 15.8. The minimum atomic E-state index is -0.804. The normalized spacial score (nSPS) is 18.5. The highest BCUT2D eigenvalue weighted by Crippen LogP contribution is 2.28. The number of ether oxygens (including phenoxy) is 1. The molecule has 0 spiro atoms. The lowest BCUT2D eigenvalue weighted by Crippen LogP contribution is -2.42. The molecular weight excluding hydrogens is 483 g/mol. The van der Waals surface area contributed by atoms with Crippen molar-refractivity contribution in [3.63, 3.8) is 0 Å². The number of hydrogen-bond donors (Lipinski definition) is 3. The topological polar surface area (TPSA) is 82.0 Å². The summed E-state index contributed by atoms with van der Waals surface area (Å²) < 4.78 is 5.87. The first-order valence-corrected chi connectivity index (χ1v) is 12.9. The standard InChI is InChI=1S/C24H32Cl2N2O4S/c1-16(20-8-10-33-23(20)6-7-24(30)31)32-14-19(29)13-27-15-28-9-2-3-18(28)11-17-4-5-21(25)22(26)12-17/h4-5,8,10,12,16,18-19,27,29H,2-3,6-7,9,11,13-15H2,1H3,(H,30,31)/t16?,18-,19+/m0/s1. The summed E-state index contributed by atoms with van der Waals surface area (Å²) in [5.74, 6) is -0.804. The molecule has 1 fully saturated rings. The third kappa shape index (κ3) is 8.21. The molecule has 6 nitrogen and oxygen atoms in total. The zero-order valence-electron chi connectivity index (χ0n) is 18.8. The van der Waals surface area contributed by atoms with Crippen LogP contribution in [0.25, 0.3) is 0 Å². The average molecular weight is 516 g/mol. The molecule has 1 aliphatic heterocycles. The number of aliphatic carboxylic acids is 1. The molecule has 33 heavy (non-hydrogen) atoms. The van der Waals surface area contributed by atoms with Gasteiger partial charge >= 0.3 is 5.97 Å². The number of aliphatic hydroxyl groups excluding tert-OH is 1. The minimum Gasteiger partial charge on any atom is -0.481 e. The number of likely N-dealkylation sites (tertiary alicyclic amines) is 1. The fourth-order valence-corrected chi connectivity index (χ4v) is 5.48. The number of aryl methyl sites for hydroxylation is 1. The third-order valence-corrected chi connectivity index (χ3v) is 7.71. The molecule has 9 heteroatoms. The summed E-state index contributed by atoms with van der Waals surface area (Å²) in [7, 11) is 0. The van der Waals surface area contributed by atoms with Gasteiger partial charge in [-0.3, -0.25) is 9.69 Å². The minimum absolute atomic E-state index is 0.106. The van der Waals surface area contributed by atoms with Gasteiger partial charge in [0.1, 0.15) is 0 Å². The molecule has 1 saturated heterocycles. The van der Waals surface area contributed by atoms with Crippen LogP contribution >= 0.6 is 34.5 Å². The number of hydrogen-bond acceptors (Lipinski definition) is 6. The smallest absolute Gasteiger partial charge is 0.303 e. The van der Waals surface area contributed by atoms with E-state index in [4.69, 9.17) is 33.0 Å². The molecule has 3 N–H and O–H groups in total. The van der Waals surface area contributed by atoms with Gasteiger partial charge in [0, 0.05) is 24.1 Å². The largest absolute Gasteiger partial charge is 0.481 e. The number of thiophene rings is 1. The Hall–Kier alpha value is -1.19. The Kier molecular flexibility index (Phi) is 10.4. The molecule has 1 aromatic carbocycles. The second kappa shape index (κ2) is 13.0. The quantitative estimate of drug-likeness (QED) is 0.357. The van der Waals surface area contributed by atoms with Crippen molar-refractivity contribution in [3.05, 3.63) is 55.7 Å². The highest BCUT2D eigenvalue weighted by atomic mass is 35.5. The van der Waals surface area contributed by atoms with E-state index in [1.807, 2.05) is 36.6 Å². The fourth-order valence-electron chi connectivity index (χ4n) is 4.19. The third-order valence-electron chi connectivity index (χ3n) is 5.97. The monoisotopic (exact) mass is 514 g/mol. The molecular formula is C24H32Cl2N2O4S. The molecule has 3 rings (SSSR count). The van der Waals surface area contributed by atoms with Crippen LogP contribution in [0.4, 0.5) is 0 Å². The van der Waals surface area contributed by atoms with Gasteiger partial charge in [-0.2, -0.15) is 0 Å². The molecule has 0 aliphatic carbocycles. The van der Waals surface area contributed by atoms with E-state index in [0.29, 0.717) is 35.7 Å². The Morgan fingerprint density at radius 3 is 2.91 bits per heavy atom. The van der Waals surface area contributed by atoms with Gasteiger partial charge in [-0.1, -0.05) is 29.3 Å². The van der Waals surface area contributed by atoms with Crippen LogP contribution in [-0.4, -0.2) is 59.6 Å². The van der Waals surface area contributed by atoms with Crippen molar-refractivity contribution in [2.75, 3.05) is 26.4 Å². The number of nitrogens with zero attached hydrogens (tertiary/aromatic N) is 1. The van der Waals surface area contributed by atoms with Crippen LogP contribution in [0, 0.1) is 0 Å². The van der Waals surface area contributed by atoms with Crippen molar-refractivity contribution >= 4 is 40.5 Å². The van der Waals surface area contributed by atoms with E-state index in [1.165, 1.54) is 5.56 Å². The number of aliphatic hydroxyl groups is 1. The molecule has 0 radical (unpaired) electrons. The summed E-state index contributed by atoms with van der Waals surface area (Å²) in [6.45, 7) is 4.33. The van der Waals surface area contributed by atoms with Crippen molar-refractivity contribution in [2.24, 2.45) is 0 Å². The van der Waals surface area contributed by atoms with E-state index < -0.39 is 12.1 Å². The van der Waals surface area contributed by atoms with Crippen molar-refractivity contribution in [1.29, 1.82) is 0 Å². The molecule has 0 bridgehead atoms. The summed E-state index contributed by atoms with van der Waals surface area (Å²) >= 11 is 13.7. The Morgan fingerprint density at radius 2 is 2.15 bits per heavy atom. The van der Waals surface area contributed by atoms with Crippen molar-refractivity contribution in [1.82, 2.24) is 10.2 Å². The first-order valence-electron chi connectivity index (χ1n) is 11.3. The van der Waals surface area contributed by atoms with E-state index >= 15 is 0 Å². The van der Waals surface area contributed by atoms with Gasteiger partial charge in [0.05, 0.1) is 35.3 Å². The molecule has 2 heterocycles. The van der Waals surface area contributed by atoms with Crippen LogP contribution in [0.15, 0.2) is 29.6 Å². The Bertz CT molecular complexity index is 910. The van der Waals surface area contributed by atoms with Gasteiger partial charge < -0.3 is 20.3 Å². The van der Waals surface area contributed by atoms with E-state index in [1.54, 1.807) is 11.3 Å². The van der Waals surface area contributed by atoms with Crippen LogP contribution in [0.3, 0.4) is 0 Å². The number of halogens is 2. The molecule has 0 amide bonds. The molecule has 1 unspecified atom stereocenters. The van der Waals surface area contributed by atoms with E-state index in [2.05, 4.69) is 10.2 Å². The molecule has 182 valence electrons. The average Bonchev–Trinajstić information content (AvgIpc) is 3.42. The van der Waals surface area contributed by atoms with Gasteiger partial charge in [-0.15, -0.1) is 11.3 Å². The van der Waals surface area contributed by atoms with E-state index in [0.717, 1.165) is 36.2 Å². The fraction of sp³-hybridized carbons (Fsp3) is 0.542. The lowest BCUT2D eigenvalue weighted by atomic mass is 10.0. The lowest BCUT2D eigenvalue weighted by Gasteiger charge is -2.26. The highest BCUT2D eigenvalue weighted by Gasteiger charge is 2.24. The maximum absolute atomic E-state index is 10.8. The number of carboxylic acids is 1. The maximum Gasteiger partial charge on any atom is 0.303 e. The maximum atomic E-state index is 10.8. The van der Waals surface area contributed by atoms with Crippen LogP contribution < -0.4 is 5.32 Å².